The van der Waals surface area contributed by atoms with Gasteiger partial charge in [-0.15, -0.1) is 0 Å². The number of sulfonamides is 1. The van der Waals surface area contributed by atoms with Gasteiger partial charge in [-0.25, -0.2) is 26.9 Å². The number of rotatable bonds is 7. The van der Waals surface area contributed by atoms with Crippen LogP contribution < -0.4 is 10.0 Å². The molecule has 2 aromatic rings. The lowest BCUT2D eigenvalue weighted by Gasteiger charge is -2.27. The molecule has 9 heteroatoms. The molecule has 2 N–H and O–H groups in total. The third kappa shape index (κ3) is 4.56. The second-order valence-electron chi connectivity index (χ2n) is 6.75. The predicted molar refractivity (Wildman–Crippen MR) is 123 cm³/mol. The van der Waals surface area contributed by atoms with E-state index in [4.69, 9.17) is 0 Å². The molecule has 0 unspecified atom stereocenters. The van der Waals surface area contributed by atoms with Crippen molar-refractivity contribution in [3.8, 4) is 0 Å². The molecule has 0 saturated carbocycles. The van der Waals surface area contributed by atoms with Crippen molar-refractivity contribution in [2.75, 3.05) is 11.9 Å². The van der Waals surface area contributed by atoms with Crippen LogP contribution in [0.1, 0.15) is 33.2 Å². The Morgan fingerprint density at radius 2 is 1.94 bits per heavy atom. The minimum absolute atomic E-state index is 0. The van der Waals surface area contributed by atoms with Crippen LogP contribution >= 0.6 is 0 Å². The van der Waals surface area contributed by atoms with Gasteiger partial charge >= 0.3 is 0 Å². The van der Waals surface area contributed by atoms with Crippen molar-refractivity contribution in [3.05, 3.63) is 83.6 Å². The minimum Gasteiger partial charge on any atom is -0.324 e. The fourth-order valence-corrected chi connectivity index (χ4v) is 4.61. The highest BCUT2D eigenvalue weighted by Gasteiger charge is 2.31. The molecule has 0 saturated heterocycles. The topological polar surface area (TPSA) is 82.9 Å². The normalized spacial score (nSPS) is 17.6. The third-order valence-corrected chi connectivity index (χ3v) is 6.30. The number of anilines is 1. The number of halogens is 2. The minimum atomic E-state index is -3.94. The largest absolute Gasteiger partial charge is 0.324 e. The van der Waals surface area contributed by atoms with Crippen LogP contribution in [0.3, 0.4) is 0 Å². The van der Waals surface area contributed by atoms with Gasteiger partial charge in [0.2, 0.25) is 5.96 Å². The van der Waals surface area contributed by atoms with E-state index < -0.39 is 15.9 Å². The maximum Gasteiger partial charge on any atom is 0.266 e. The van der Waals surface area contributed by atoms with Gasteiger partial charge in [-0.2, -0.15) is 0 Å². The molecule has 2 aromatic carbocycles. The van der Waals surface area contributed by atoms with Crippen LogP contribution in [0, 0.1) is 5.82 Å². The summed E-state index contributed by atoms with van der Waals surface area (Å²) < 4.78 is 56.2. The molecule has 31 heavy (non-hydrogen) atoms. The van der Waals surface area contributed by atoms with Gasteiger partial charge in [0.15, 0.2) is 0 Å². The molecule has 0 amide bonds. The Labute approximate surface area is 183 Å². The van der Waals surface area contributed by atoms with Gasteiger partial charge in [0.1, 0.15) is 16.5 Å². The maximum atomic E-state index is 14.5. The summed E-state index contributed by atoms with van der Waals surface area (Å²) in [5, 5.41) is 2.97. The fourth-order valence-electron chi connectivity index (χ4n) is 3.43. The summed E-state index contributed by atoms with van der Waals surface area (Å²) in [7, 11) is -3.94. The van der Waals surface area contributed by atoms with Crippen molar-refractivity contribution < 1.29 is 20.1 Å². The average Bonchev–Trinajstić information content (AvgIpc) is 2.75. The molecular weight excluding hydrogens is 422 g/mol. The monoisotopic (exact) mass is 448 g/mol. The molecule has 1 aliphatic heterocycles. The summed E-state index contributed by atoms with van der Waals surface area (Å²) >= 11 is 0. The molecule has 0 radical (unpaired) electrons. The number of aliphatic imine (C=N–C) groups is 2. The number of para-hydroxylation sites is 1. The van der Waals surface area contributed by atoms with E-state index in [9.17, 15) is 17.2 Å². The predicted octanol–water partition coefficient (Wildman–Crippen LogP) is 4.99. The van der Waals surface area contributed by atoms with Crippen LogP contribution in [0.5, 0.6) is 0 Å². The zero-order valence-electron chi connectivity index (χ0n) is 16.9. The zero-order chi connectivity index (χ0) is 22.6. The number of fused-ring (bicyclic) bond motifs is 1. The number of benzene rings is 2. The second kappa shape index (κ2) is 9.22. The molecule has 0 fully saturated rings. The summed E-state index contributed by atoms with van der Waals surface area (Å²) in [6.45, 7) is 8.25. The number of nitrogens with zero attached hydrogens (tertiary/aromatic N) is 2. The third-order valence-electron chi connectivity index (χ3n) is 4.92. The summed E-state index contributed by atoms with van der Waals surface area (Å²) in [4.78, 5) is 7.68. The molecule has 0 aromatic heterocycles. The van der Waals surface area contributed by atoms with Gasteiger partial charge in [0.25, 0.3) is 10.0 Å². The molecule has 1 aliphatic rings. The molecule has 3 rings (SSSR count). The Balaban J connectivity index is 0.00000272. The first kappa shape index (κ1) is 22.4. The van der Waals surface area contributed by atoms with Gasteiger partial charge < -0.3 is 5.32 Å². The lowest BCUT2D eigenvalue weighted by atomic mass is 9.87. The van der Waals surface area contributed by atoms with Gasteiger partial charge in [0.05, 0.1) is 17.9 Å². The van der Waals surface area contributed by atoms with Gasteiger partial charge in [-0.05, 0) is 42.5 Å². The van der Waals surface area contributed by atoms with Crippen molar-refractivity contribution in [2.24, 2.45) is 9.98 Å². The summed E-state index contributed by atoms with van der Waals surface area (Å²) in [5.41, 5.74) is 1.29. The molecule has 1 heterocycles. The Morgan fingerprint density at radius 3 is 2.58 bits per heavy atom. The van der Waals surface area contributed by atoms with Gasteiger partial charge in [-0.1, -0.05) is 43.8 Å². The van der Waals surface area contributed by atoms with E-state index in [1.165, 1.54) is 12.1 Å². The van der Waals surface area contributed by atoms with Crippen LogP contribution in [0.4, 0.5) is 14.5 Å². The van der Waals surface area contributed by atoms with E-state index in [0.717, 1.165) is 6.08 Å². The van der Waals surface area contributed by atoms with Crippen molar-refractivity contribution in [1.29, 1.82) is 0 Å². The fraction of sp³-hybridized carbons (Fsp3) is 0.182. The number of nitrogens with one attached hydrogen (secondary N) is 2. The highest BCUT2D eigenvalue weighted by Crippen LogP contribution is 2.38. The molecule has 6 nitrogen and oxygen atoms in total. The van der Waals surface area contributed by atoms with Crippen molar-refractivity contribution in [2.45, 2.75) is 24.2 Å². The number of guanidine groups is 1. The zero-order valence-corrected chi connectivity index (χ0v) is 17.7. The van der Waals surface area contributed by atoms with Crippen LogP contribution in [0.15, 0.2) is 81.5 Å². The lowest BCUT2D eigenvalue weighted by molar-refractivity contribution is 0.589. The van der Waals surface area contributed by atoms with Gasteiger partial charge in [-0.3, -0.25) is 4.99 Å². The maximum absolute atomic E-state index is 14.5. The molecular formula is C22H26F2N4O2S. The highest BCUT2D eigenvalue weighted by molar-refractivity contribution is 7.90. The van der Waals surface area contributed by atoms with E-state index in [1.807, 2.05) is 6.92 Å². The van der Waals surface area contributed by atoms with E-state index in [2.05, 4.69) is 33.3 Å². The first-order chi connectivity index (χ1) is 14.8. The van der Waals surface area contributed by atoms with Crippen molar-refractivity contribution in [3.63, 3.8) is 0 Å². The Kier molecular flexibility index (Phi) is 6.65. The average molecular weight is 449 g/mol. The lowest BCUT2D eigenvalue weighted by Crippen LogP contribution is -2.41. The highest BCUT2D eigenvalue weighted by atomic mass is 32.2. The standard InChI is InChI=1S/C22H22F2N4O2S.2H2/c1-4-14(15-9-6-7-11-18(15)24)16-10-8-12-20-21(16)27-22(28-31(20,29)30)26-13-19(25-3)17(23)5-2;;/h5-12,14H,2-4,13H2,1H3,(H2,26,27,28);2*1H/b19-17+;;/t14-;;/m0../s1. The summed E-state index contributed by atoms with van der Waals surface area (Å²) in [5.74, 6) is -1.56. The number of hydrogen-bond acceptors (Lipinski definition) is 4. The Bertz CT molecular complexity index is 1200. The molecule has 1 atom stereocenters. The smallest absolute Gasteiger partial charge is 0.266 e. The van der Waals surface area contributed by atoms with Crippen LogP contribution in [0.2, 0.25) is 0 Å². The quantitative estimate of drug-likeness (QED) is 0.463. The Morgan fingerprint density at radius 1 is 1.23 bits per heavy atom. The van der Waals surface area contributed by atoms with E-state index in [0.29, 0.717) is 23.2 Å². The molecule has 0 spiro atoms. The second-order valence-corrected chi connectivity index (χ2v) is 8.41. The van der Waals surface area contributed by atoms with Crippen molar-refractivity contribution in [1.82, 2.24) is 4.72 Å². The summed E-state index contributed by atoms with van der Waals surface area (Å²) in [6, 6.07) is 11.2. The SMILES string of the molecule is C=C/C(F)=C(/CN=C1Nc2c([C@@H](CC)c3ccccc3F)cccc2S(=O)(=O)N1)N=C.[HH].[HH]. The van der Waals surface area contributed by atoms with Crippen molar-refractivity contribution >= 4 is 28.4 Å². The molecule has 0 bridgehead atoms. The van der Waals surface area contributed by atoms with Crippen LogP contribution in [-0.4, -0.2) is 27.6 Å². The van der Waals surface area contributed by atoms with E-state index in [-0.39, 0.29) is 37.7 Å². The van der Waals surface area contributed by atoms with Crippen LogP contribution in [0.25, 0.3) is 0 Å². The Hall–Kier alpha value is -3.33. The first-order valence-electron chi connectivity index (χ1n) is 9.51. The van der Waals surface area contributed by atoms with Crippen LogP contribution in [-0.2, 0) is 10.0 Å². The number of allylic oxidation sites excluding steroid dienone is 2. The molecule has 166 valence electrons. The van der Waals surface area contributed by atoms with E-state index in [1.54, 1.807) is 30.3 Å². The summed E-state index contributed by atoms with van der Waals surface area (Å²) in [6.07, 6.45) is 1.51. The number of hydrogen-bond donors (Lipinski definition) is 2. The first-order valence-corrected chi connectivity index (χ1v) is 11.0. The van der Waals surface area contributed by atoms with E-state index >= 15 is 0 Å². The molecule has 0 aliphatic carbocycles. The van der Waals surface area contributed by atoms with Gasteiger partial charge in [0, 0.05) is 8.77 Å².